The van der Waals surface area contributed by atoms with Gasteiger partial charge in [-0.25, -0.2) is 0 Å². The number of ether oxygens (including phenoxy) is 1. The summed E-state index contributed by atoms with van der Waals surface area (Å²) in [7, 11) is 1.93. The van der Waals surface area contributed by atoms with E-state index in [0.29, 0.717) is 12.6 Å². The second kappa shape index (κ2) is 5.16. The molecule has 1 saturated heterocycles. The van der Waals surface area contributed by atoms with E-state index in [2.05, 4.69) is 30.0 Å². The minimum Gasteiger partial charge on any atom is -0.374 e. The Bertz CT molecular complexity index is 363. The zero-order valence-corrected chi connectivity index (χ0v) is 10.8. The maximum atomic E-state index is 5.82. The van der Waals surface area contributed by atoms with Crippen LogP contribution >= 0.6 is 0 Å². The molecule has 1 aromatic rings. The van der Waals surface area contributed by atoms with Gasteiger partial charge < -0.3 is 10.5 Å². The first-order valence-corrected chi connectivity index (χ1v) is 6.19. The summed E-state index contributed by atoms with van der Waals surface area (Å²) in [4.78, 5) is 2.44. The Kier molecular flexibility index (Phi) is 3.81. The Hall–Kier alpha value is -0.910. The summed E-state index contributed by atoms with van der Waals surface area (Å²) in [5.74, 6) is 0. The third-order valence-corrected chi connectivity index (χ3v) is 3.35. The quantitative estimate of drug-likeness (QED) is 0.834. The first-order valence-electron chi connectivity index (χ1n) is 6.19. The normalized spacial score (nSPS) is 26.6. The zero-order chi connectivity index (χ0) is 12.4. The van der Waals surface area contributed by atoms with Crippen LogP contribution in [0.15, 0.2) is 12.4 Å². The number of nitrogens with zero attached hydrogens (tertiary/aromatic N) is 3. The molecule has 0 radical (unpaired) electrons. The molecule has 2 heterocycles. The van der Waals surface area contributed by atoms with Crippen molar-refractivity contribution in [2.45, 2.75) is 32.0 Å². The van der Waals surface area contributed by atoms with Crippen LogP contribution in [-0.4, -0.2) is 46.5 Å². The maximum absolute atomic E-state index is 5.82. The number of hydrogen-bond acceptors (Lipinski definition) is 4. The predicted molar refractivity (Wildman–Crippen MR) is 66.6 cm³/mol. The molecule has 5 nitrogen and oxygen atoms in total. The molecular formula is C12H22N4O. The van der Waals surface area contributed by atoms with E-state index in [0.717, 1.165) is 13.2 Å². The zero-order valence-electron chi connectivity index (χ0n) is 10.8. The van der Waals surface area contributed by atoms with Crippen molar-refractivity contribution in [2.75, 3.05) is 19.7 Å². The summed E-state index contributed by atoms with van der Waals surface area (Å²) in [5.41, 5.74) is 7.01. The lowest BCUT2D eigenvalue weighted by atomic mass is 9.99. The highest BCUT2D eigenvalue weighted by Gasteiger charge is 2.34. The minimum atomic E-state index is 0.0651. The minimum absolute atomic E-state index is 0.0651. The van der Waals surface area contributed by atoms with E-state index in [1.54, 1.807) is 0 Å². The Labute approximate surface area is 103 Å². The van der Waals surface area contributed by atoms with E-state index < -0.39 is 0 Å². The number of hydrogen-bond donors (Lipinski definition) is 1. The van der Waals surface area contributed by atoms with Gasteiger partial charge >= 0.3 is 0 Å². The van der Waals surface area contributed by atoms with E-state index in [1.165, 1.54) is 5.56 Å². The Balaban J connectivity index is 2.28. The summed E-state index contributed by atoms with van der Waals surface area (Å²) in [6.45, 7) is 6.68. The highest BCUT2D eigenvalue weighted by atomic mass is 16.5. The standard InChI is InChI=1S/C12H22N4O/c1-9(2)16-4-5-17-11(6-13)12(16)10-7-14-15(3)8-10/h7-9,11-12H,4-6,13H2,1-3H3. The molecule has 0 amide bonds. The molecule has 0 saturated carbocycles. The molecule has 2 rings (SSSR count). The lowest BCUT2D eigenvalue weighted by Gasteiger charge is -2.42. The molecule has 5 heteroatoms. The van der Waals surface area contributed by atoms with E-state index in [4.69, 9.17) is 10.5 Å². The molecular weight excluding hydrogens is 216 g/mol. The number of aromatic nitrogens is 2. The van der Waals surface area contributed by atoms with Crippen molar-refractivity contribution < 1.29 is 4.74 Å². The van der Waals surface area contributed by atoms with Crippen LogP contribution in [0.3, 0.4) is 0 Å². The van der Waals surface area contributed by atoms with Crippen LogP contribution in [-0.2, 0) is 11.8 Å². The SMILES string of the molecule is CC(C)N1CCOC(CN)C1c1cnn(C)c1. The van der Waals surface area contributed by atoms with Crippen molar-refractivity contribution in [3.63, 3.8) is 0 Å². The van der Waals surface area contributed by atoms with Gasteiger partial charge in [0, 0.05) is 37.9 Å². The molecule has 2 N–H and O–H groups in total. The molecule has 2 atom stereocenters. The van der Waals surface area contributed by atoms with Crippen molar-refractivity contribution in [2.24, 2.45) is 12.8 Å². The lowest BCUT2D eigenvalue weighted by molar-refractivity contribution is -0.0789. The van der Waals surface area contributed by atoms with Crippen LogP contribution in [0, 0.1) is 0 Å². The van der Waals surface area contributed by atoms with Crippen molar-refractivity contribution >= 4 is 0 Å². The van der Waals surface area contributed by atoms with E-state index in [9.17, 15) is 0 Å². The number of morpholine rings is 1. The molecule has 0 aromatic carbocycles. The molecule has 1 aromatic heterocycles. The van der Waals surface area contributed by atoms with Crippen LogP contribution in [0.1, 0.15) is 25.5 Å². The van der Waals surface area contributed by atoms with Gasteiger partial charge in [-0.1, -0.05) is 0 Å². The van der Waals surface area contributed by atoms with Gasteiger partial charge in [-0.15, -0.1) is 0 Å². The predicted octanol–water partition coefficient (Wildman–Crippen LogP) is 0.529. The van der Waals surface area contributed by atoms with Crippen LogP contribution < -0.4 is 5.73 Å². The molecule has 1 fully saturated rings. The molecule has 17 heavy (non-hydrogen) atoms. The van der Waals surface area contributed by atoms with Crippen LogP contribution in [0.25, 0.3) is 0 Å². The third-order valence-electron chi connectivity index (χ3n) is 3.35. The van der Waals surface area contributed by atoms with Gasteiger partial charge in [-0.05, 0) is 13.8 Å². The maximum Gasteiger partial charge on any atom is 0.0895 e. The fourth-order valence-electron chi connectivity index (χ4n) is 2.53. The average molecular weight is 238 g/mol. The molecule has 0 bridgehead atoms. The van der Waals surface area contributed by atoms with Gasteiger partial charge in [0.2, 0.25) is 0 Å². The summed E-state index contributed by atoms with van der Waals surface area (Å²) < 4.78 is 7.61. The smallest absolute Gasteiger partial charge is 0.0895 e. The second-order valence-corrected chi connectivity index (χ2v) is 4.87. The molecule has 1 aliphatic heterocycles. The first kappa shape index (κ1) is 12.5. The molecule has 0 aliphatic carbocycles. The average Bonchev–Trinajstić information content (AvgIpc) is 2.74. The van der Waals surface area contributed by atoms with Crippen LogP contribution in [0.2, 0.25) is 0 Å². The van der Waals surface area contributed by atoms with Gasteiger partial charge in [0.25, 0.3) is 0 Å². The van der Waals surface area contributed by atoms with Crippen molar-refractivity contribution in [3.05, 3.63) is 18.0 Å². The molecule has 1 aliphatic rings. The highest BCUT2D eigenvalue weighted by molar-refractivity contribution is 5.14. The van der Waals surface area contributed by atoms with E-state index in [1.807, 2.05) is 17.9 Å². The van der Waals surface area contributed by atoms with Gasteiger partial charge in [0.1, 0.15) is 0 Å². The van der Waals surface area contributed by atoms with Crippen LogP contribution in [0.4, 0.5) is 0 Å². The second-order valence-electron chi connectivity index (χ2n) is 4.87. The van der Waals surface area contributed by atoms with E-state index >= 15 is 0 Å². The molecule has 0 spiro atoms. The van der Waals surface area contributed by atoms with Crippen LogP contribution in [0.5, 0.6) is 0 Å². The van der Waals surface area contributed by atoms with Crippen molar-refractivity contribution in [3.8, 4) is 0 Å². The Morgan fingerprint density at radius 1 is 1.59 bits per heavy atom. The summed E-state index contributed by atoms with van der Waals surface area (Å²) in [5, 5.41) is 4.25. The number of nitrogens with two attached hydrogens (primary N) is 1. The molecule has 2 unspecified atom stereocenters. The summed E-state index contributed by atoms with van der Waals surface area (Å²) >= 11 is 0. The monoisotopic (exact) mass is 238 g/mol. The highest BCUT2D eigenvalue weighted by Crippen LogP contribution is 2.30. The van der Waals surface area contributed by atoms with Crippen molar-refractivity contribution in [1.82, 2.24) is 14.7 Å². The summed E-state index contributed by atoms with van der Waals surface area (Å²) in [6.07, 6.45) is 4.03. The Morgan fingerprint density at radius 3 is 2.88 bits per heavy atom. The third kappa shape index (κ3) is 2.51. The van der Waals surface area contributed by atoms with Crippen molar-refractivity contribution in [1.29, 1.82) is 0 Å². The number of rotatable bonds is 3. The lowest BCUT2D eigenvalue weighted by Crippen LogP contribution is -2.50. The van der Waals surface area contributed by atoms with Gasteiger partial charge in [-0.2, -0.15) is 5.10 Å². The fourth-order valence-corrected chi connectivity index (χ4v) is 2.53. The first-order chi connectivity index (χ1) is 8.13. The summed E-state index contributed by atoms with van der Waals surface area (Å²) in [6, 6.07) is 0.709. The Morgan fingerprint density at radius 2 is 2.35 bits per heavy atom. The molecule has 96 valence electrons. The largest absolute Gasteiger partial charge is 0.374 e. The fraction of sp³-hybridized carbons (Fsp3) is 0.750. The van der Waals surface area contributed by atoms with E-state index in [-0.39, 0.29) is 12.1 Å². The van der Waals surface area contributed by atoms with Gasteiger partial charge in [-0.3, -0.25) is 9.58 Å². The van der Waals surface area contributed by atoms with Gasteiger partial charge in [0.05, 0.1) is 24.9 Å². The topological polar surface area (TPSA) is 56.3 Å². The van der Waals surface area contributed by atoms with Gasteiger partial charge in [0.15, 0.2) is 0 Å². The number of aryl methyl sites for hydroxylation is 1.